The first kappa shape index (κ1) is 20.5. The summed E-state index contributed by atoms with van der Waals surface area (Å²) in [5.74, 6) is 0.476. The van der Waals surface area contributed by atoms with Crippen molar-refractivity contribution < 1.29 is 19.1 Å². The van der Waals surface area contributed by atoms with Crippen LogP contribution in [0.25, 0.3) is 0 Å². The van der Waals surface area contributed by atoms with Gasteiger partial charge in [-0.2, -0.15) is 0 Å². The molecule has 0 aliphatic rings. The van der Waals surface area contributed by atoms with Gasteiger partial charge in [-0.25, -0.2) is 0 Å². The summed E-state index contributed by atoms with van der Waals surface area (Å²) in [6.07, 6.45) is 0. The van der Waals surface area contributed by atoms with Gasteiger partial charge < -0.3 is 19.7 Å². The second-order valence-electron chi connectivity index (χ2n) is 6.10. The number of rotatable bonds is 8. The zero-order valence-electron chi connectivity index (χ0n) is 16.2. The molecule has 0 heterocycles. The summed E-state index contributed by atoms with van der Waals surface area (Å²) < 4.78 is 10.8. The SMILES string of the molecule is CCOCc1cc(C(=O)N(C)Cc2ccc(C(=O)NC)cc2)ccc1OC. The Morgan fingerprint density at radius 2 is 1.74 bits per heavy atom. The molecule has 6 heteroatoms. The highest BCUT2D eigenvalue weighted by Gasteiger charge is 2.15. The normalized spacial score (nSPS) is 10.4. The van der Waals surface area contributed by atoms with E-state index in [0.29, 0.717) is 36.6 Å². The maximum atomic E-state index is 12.8. The van der Waals surface area contributed by atoms with Crippen LogP contribution < -0.4 is 10.1 Å². The average Bonchev–Trinajstić information content (AvgIpc) is 2.71. The van der Waals surface area contributed by atoms with E-state index >= 15 is 0 Å². The predicted molar refractivity (Wildman–Crippen MR) is 104 cm³/mol. The van der Waals surface area contributed by atoms with Crippen LogP contribution in [0.5, 0.6) is 5.75 Å². The van der Waals surface area contributed by atoms with Gasteiger partial charge in [-0.05, 0) is 42.8 Å². The van der Waals surface area contributed by atoms with Gasteiger partial charge in [0, 0.05) is 43.9 Å². The zero-order chi connectivity index (χ0) is 19.8. The quantitative estimate of drug-likeness (QED) is 0.776. The summed E-state index contributed by atoms with van der Waals surface area (Å²) in [6.45, 7) is 3.35. The van der Waals surface area contributed by atoms with Crippen LogP contribution in [0, 0.1) is 0 Å². The molecule has 2 aromatic carbocycles. The molecule has 2 amide bonds. The minimum Gasteiger partial charge on any atom is -0.496 e. The number of benzene rings is 2. The lowest BCUT2D eigenvalue weighted by Gasteiger charge is -2.19. The van der Waals surface area contributed by atoms with Gasteiger partial charge in [0.25, 0.3) is 11.8 Å². The second-order valence-corrected chi connectivity index (χ2v) is 6.10. The molecule has 144 valence electrons. The van der Waals surface area contributed by atoms with E-state index in [4.69, 9.17) is 9.47 Å². The Balaban J connectivity index is 2.11. The highest BCUT2D eigenvalue weighted by molar-refractivity contribution is 5.95. The van der Waals surface area contributed by atoms with Crippen molar-refractivity contribution in [3.05, 3.63) is 64.7 Å². The molecule has 2 rings (SSSR count). The Morgan fingerprint density at radius 1 is 1.07 bits per heavy atom. The molecule has 27 heavy (non-hydrogen) atoms. The van der Waals surface area contributed by atoms with Gasteiger partial charge in [-0.1, -0.05) is 12.1 Å². The molecule has 1 N–H and O–H groups in total. The lowest BCUT2D eigenvalue weighted by molar-refractivity contribution is 0.0784. The fourth-order valence-corrected chi connectivity index (χ4v) is 2.71. The van der Waals surface area contributed by atoms with Gasteiger partial charge in [-0.3, -0.25) is 9.59 Å². The summed E-state index contributed by atoms with van der Waals surface area (Å²) in [7, 11) is 4.94. The summed E-state index contributed by atoms with van der Waals surface area (Å²) in [5.41, 5.74) is 2.95. The Kier molecular flexibility index (Phi) is 7.37. The van der Waals surface area contributed by atoms with Gasteiger partial charge in [0.05, 0.1) is 13.7 Å². The maximum absolute atomic E-state index is 12.8. The average molecular weight is 370 g/mol. The topological polar surface area (TPSA) is 67.9 Å². The van der Waals surface area contributed by atoms with Crippen LogP contribution in [0.4, 0.5) is 0 Å². The lowest BCUT2D eigenvalue weighted by atomic mass is 10.1. The van der Waals surface area contributed by atoms with Crippen LogP contribution >= 0.6 is 0 Å². The van der Waals surface area contributed by atoms with E-state index in [-0.39, 0.29) is 11.8 Å². The fourth-order valence-electron chi connectivity index (χ4n) is 2.71. The number of carbonyl (C=O) groups excluding carboxylic acids is 2. The van der Waals surface area contributed by atoms with E-state index in [1.54, 1.807) is 50.4 Å². The van der Waals surface area contributed by atoms with Gasteiger partial charge in [0.2, 0.25) is 0 Å². The number of nitrogens with one attached hydrogen (secondary N) is 1. The van der Waals surface area contributed by atoms with Crippen LogP contribution in [0.1, 0.15) is 38.8 Å². The molecule has 0 saturated carbocycles. The third-order valence-electron chi connectivity index (χ3n) is 4.20. The number of nitrogens with zero attached hydrogens (tertiary/aromatic N) is 1. The fraction of sp³-hybridized carbons (Fsp3) is 0.333. The third-order valence-corrected chi connectivity index (χ3v) is 4.20. The van der Waals surface area contributed by atoms with Crippen LogP contribution in [0.3, 0.4) is 0 Å². The van der Waals surface area contributed by atoms with Crippen molar-refractivity contribution in [2.75, 3.05) is 27.8 Å². The van der Waals surface area contributed by atoms with Crippen LogP contribution in [-0.2, 0) is 17.9 Å². The molecule has 0 bridgehead atoms. The zero-order valence-corrected chi connectivity index (χ0v) is 16.2. The first-order valence-corrected chi connectivity index (χ1v) is 8.81. The monoisotopic (exact) mass is 370 g/mol. The molecule has 0 aromatic heterocycles. The molecule has 0 aliphatic heterocycles. The Labute approximate surface area is 160 Å². The summed E-state index contributed by atoms with van der Waals surface area (Å²) in [4.78, 5) is 26.0. The Hall–Kier alpha value is -2.86. The van der Waals surface area contributed by atoms with Crippen molar-refractivity contribution >= 4 is 11.8 Å². The Bertz CT molecular complexity index is 787. The van der Waals surface area contributed by atoms with E-state index in [1.165, 1.54) is 0 Å². The van der Waals surface area contributed by atoms with Crippen molar-refractivity contribution in [2.45, 2.75) is 20.1 Å². The summed E-state index contributed by atoms with van der Waals surface area (Å²) >= 11 is 0. The summed E-state index contributed by atoms with van der Waals surface area (Å²) in [5, 5.41) is 2.59. The number of carbonyl (C=O) groups is 2. The second kappa shape index (κ2) is 9.73. The highest BCUT2D eigenvalue weighted by atomic mass is 16.5. The molecule has 0 saturated heterocycles. The molecular formula is C21H26N2O4. The first-order valence-electron chi connectivity index (χ1n) is 8.81. The van der Waals surface area contributed by atoms with Crippen molar-refractivity contribution in [2.24, 2.45) is 0 Å². The van der Waals surface area contributed by atoms with Crippen molar-refractivity contribution in [3.63, 3.8) is 0 Å². The van der Waals surface area contributed by atoms with Gasteiger partial charge in [0.15, 0.2) is 0 Å². The van der Waals surface area contributed by atoms with E-state index in [2.05, 4.69) is 5.32 Å². The lowest BCUT2D eigenvalue weighted by Crippen LogP contribution is -2.26. The largest absolute Gasteiger partial charge is 0.496 e. The van der Waals surface area contributed by atoms with Gasteiger partial charge in [-0.15, -0.1) is 0 Å². The molecule has 6 nitrogen and oxygen atoms in total. The first-order chi connectivity index (χ1) is 13.0. The number of hydrogen-bond acceptors (Lipinski definition) is 4. The smallest absolute Gasteiger partial charge is 0.253 e. The van der Waals surface area contributed by atoms with E-state index in [0.717, 1.165) is 11.1 Å². The van der Waals surface area contributed by atoms with Crippen LogP contribution in [0.15, 0.2) is 42.5 Å². The third kappa shape index (κ3) is 5.31. The van der Waals surface area contributed by atoms with Crippen molar-refractivity contribution in [3.8, 4) is 5.75 Å². The molecule has 2 aromatic rings. The number of amides is 2. The van der Waals surface area contributed by atoms with Gasteiger partial charge >= 0.3 is 0 Å². The minimum atomic E-state index is -0.133. The summed E-state index contributed by atoms with van der Waals surface area (Å²) in [6, 6.07) is 12.5. The van der Waals surface area contributed by atoms with Gasteiger partial charge in [0.1, 0.15) is 5.75 Å². The van der Waals surface area contributed by atoms with Crippen molar-refractivity contribution in [1.29, 1.82) is 0 Å². The highest BCUT2D eigenvalue weighted by Crippen LogP contribution is 2.22. The Morgan fingerprint density at radius 3 is 2.33 bits per heavy atom. The van der Waals surface area contributed by atoms with Crippen LogP contribution in [0.2, 0.25) is 0 Å². The number of hydrogen-bond donors (Lipinski definition) is 1. The molecule has 0 unspecified atom stereocenters. The van der Waals surface area contributed by atoms with E-state index < -0.39 is 0 Å². The molecule has 0 atom stereocenters. The molecule has 0 spiro atoms. The number of ether oxygens (including phenoxy) is 2. The molecular weight excluding hydrogens is 344 g/mol. The molecule has 0 fully saturated rings. The predicted octanol–water partition coefficient (Wildman–Crippen LogP) is 2.86. The maximum Gasteiger partial charge on any atom is 0.253 e. The van der Waals surface area contributed by atoms with Crippen molar-refractivity contribution in [1.82, 2.24) is 10.2 Å². The van der Waals surface area contributed by atoms with Crippen LogP contribution in [-0.4, -0.2) is 44.5 Å². The number of methoxy groups -OCH3 is 1. The standard InChI is InChI=1S/C21H26N2O4/c1-5-27-14-18-12-17(10-11-19(18)26-4)21(25)23(3)13-15-6-8-16(9-7-15)20(24)22-2/h6-12H,5,13-14H2,1-4H3,(H,22,24). The minimum absolute atomic E-state index is 0.0919. The molecule has 0 radical (unpaired) electrons. The van der Waals surface area contributed by atoms with E-state index in [1.807, 2.05) is 25.1 Å². The van der Waals surface area contributed by atoms with E-state index in [9.17, 15) is 9.59 Å². The molecule has 0 aliphatic carbocycles.